The second kappa shape index (κ2) is 4.07. The van der Waals surface area contributed by atoms with Crippen molar-refractivity contribution in [3.63, 3.8) is 0 Å². The fourth-order valence-corrected chi connectivity index (χ4v) is 1.44. The van der Waals surface area contributed by atoms with E-state index in [2.05, 4.69) is 26.5 Å². The van der Waals surface area contributed by atoms with Crippen LogP contribution in [0.4, 0.5) is 5.95 Å². The third-order valence-corrected chi connectivity index (χ3v) is 2.21. The molecule has 1 saturated heterocycles. The number of nitrogens with one attached hydrogen (secondary N) is 2. The lowest BCUT2D eigenvalue weighted by atomic mass is 10.3. The molecule has 0 amide bonds. The molecule has 0 bridgehead atoms. The van der Waals surface area contributed by atoms with E-state index in [4.69, 9.17) is 6.42 Å². The van der Waals surface area contributed by atoms with Crippen LogP contribution in [0.3, 0.4) is 0 Å². The zero-order valence-electron chi connectivity index (χ0n) is 7.83. The van der Waals surface area contributed by atoms with Crippen molar-refractivity contribution in [3.8, 4) is 12.3 Å². The van der Waals surface area contributed by atoms with Crippen LogP contribution >= 0.6 is 0 Å². The molecule has 14 heavy (non-hydrogen) atoms. The maximum atomic E-state index is 5.20. The maximum Gasteiger partial charge on any atom is 0.222 e. The molecule has 1 aromatic rings. The van der Waals surface area contributed by atoms with Crippen LogP contribution in [0.25, 0.3) is 0 Å². The summed E-state index contributed by atoms with van der Waals surface area (Å²) in [6.07, 6.45) is 9.62. The molecule has 1 aliphatic rings. The molecular weight excluding hydrogens is 176 g/mol. The van der Waals surface area contributed by atoms with E-state index in [1.54, 1.807) is 12.4 Å². The van der Waals surface area contributed by atoms with Crippen LogP contribution in [-0.2, 0) is 0 Å². The lowest BCUT2D eigenvalue weighted by molar-refractivity contribution is 0.780. The van der Waals surface area contributed by atoms with Crippen LogP contribution in [0.1, 0.15) is 12.0 Å². The molecule has 4 heteroatoms. The Morgan fingerprint density at radius 1 is 1.50 bits per heavy atom. The van der Waals surface area contributed by atoms with Crippen molar-refractivity contribution in [1.29, 1.82) is 0 Å². The van der Waals surface area contributed by atoms with Crippen LogP contribution in [0.2, 0.25) is 0 Å². The average molecular weight is 188 g/mol. The average Bonchev–Trinajstić information content (AvgIpc) is 2.72. The van der Waals surface area contributed by atoms with E-state index in [-0.39, 0.29) is 0 Å². The van der Waals surface area contributed by atoms with Crippen molar-refractivity contribution in [2.45, 2.75) is 12.5 Å². The van der Waals surface area contributed by atoms with Gasteiger partial charge in [0, 0.05) is 25.0 Å². The highest BCUT2D eigenvalue weighted by Gasteiger charge is 2.14. The molecule has 1 unspecified atom stereocenters. The van der Waals surface area contributed by atoms with E-state index < -0.39 is 0 Å². The molecule has 1 aromatic heterocycles. The van der Waals surface area contributed by atoms with E-state index in [0.29, 0.717) is 17.6 Å². The lowest BCUT2D eigenvalue weighted by Gasteiger charge is -2.10. The number of hydrogen-bond donors (Lipinski definition) is 2. The van der Waals surface area contributed by atoms with Gasteiger partial charge in [-0.3, -0.25) is 0 Å². The molecule has 4 nitrogen and oxygen atoms in total. The zero-order chi connectivity index (χ0) is 9.80. The van der Waals surface area contributed by atoms with E-state index in [1.165, 1.54) is 0 Å². The second-order valence-electron chi connectivity index (χ2n) is 3.27. The van der Waals surface area contributed by atoms with Gasteiger partial charge in [-0.15, -0.1) is 6.42 Å². The lowest BCUT2D eigenvalue weighted by Crippen LogP contribution is -2.23. The van der Waals surface area contributed by atoms with E-state index in [9.17, 15) is 0 Å². The minimum absolute atomic E-state index is 0.437. The summed E-state index contributed by atoms with van der Waals surface area (Å²) in [5.74, 6) is 3.13. The van der Waals surface area contributed by atoms with Crippen LogP contribution in [0, 0.1) is 12.3 Å². The molecule has 0 saturated carbocycles. The van der Waals surface area contributed by atoms with Gasteiger partial charge in [0.05, 0.1) is 5.56 Å². The predicted molar refractivity (Wildman–Crippen MR) is 54.9 cm³/mol. The van der Waals surface area contributed by atoms with E-state index in [0.717, 1.165) is 19.5 Å². The van der Waals surface area contributed by atoms with Crippen LogP contribution in [0.5, 0.6) is 0 Å². The molecule has 2 rings (SSSR count). The molecule has 2 heterocycles. The minimum atomic E-state index is 0.437. The number of anilines is 1. The Bertz CT molecular complexity index is 332. The molecule has 1 fully saturated rings. The van der Waals surface area contributed by atoms with Gasteiger partial charge >= 0.3 is 0 Å². The first-order valence-corrected chi connectivity index (χ1v) is 4.64. The molecule has 1 atom stereocenters. The summed E-state index contributed by atoms with van der Waals surface area (Å²) in [5.41, 5.74) is 0.708. The smallest absolute Gasteiger partial charge is 0.222 e. The van der Waals surface area contributed by atoms with Crippen LogP contribution in [-0.4, -0.2) is 29.1 Å². The van der Waals surface area contributed by atoms with Crippen molar-refractivity contribution in [3.05, 3.63) is 18.0 Å². The summed E-state index contributed by atoms with van der Waals surface area (Å²) in [6, 6.07) is 0.437. The number of nitrogens with zero attached hydrogens (tertiary/aromatic N) is 2. The first-order chi connectivity index (χ1) is 6.88. The van der Waals surface area contributed by atoms with Gasteiger partial charge in [0.1, 0.15) is 0 Å². The largest absolute Gasteiger partial charge is 0.350 e. The van der Waals surface area contributed by atoms with Gasteiger partial charge in [-0.1, -0.05) is 5.92 Å². The molecule has 1 aliphatic heterocycles. The highest BCUT2D eigenvalue weighted by Crippen LogP contribution is 2.05. The topological polar surface area (TPSA) is 49.8 Å². The Balaban J connectivity index is 1.99. The van der Waals surface area contributed by atoms with Crippen molar-refractivity contribution in [2.24, 2.45) is 0 Å². The maximum absolute atomic E-state index is 5.20. The first-order valence-electron chi connectivity index (χ1n) is 4.64. The third-order valence-electron chi connectivity index (χ3n) is 2.21. The number of rotatable bonds is 2. The Labute approximate surface area is 83.2 Å². The molecule has 0 aromatic carbocycles. The van der Waals surface area contributed by atoms with Crippen LogP contribution in [0.15, 0.2) is 12.4 Å². The summed E-state index contributed by atoms with van der Waals surface area (Å²) in [6.45, 7) is 2.03. The zero-order valence-corrected chi connectivity index (χ0v) is 7.83. The van der Waals surface area contributed by atoms with Gasteiger partial charge in [0.25, 0.3) is 0 Å². The molecule has 72 valence electrons. The fraction of sp³-hybridized carbons (Fsp3) is 0.400. The molecular formula is C10H12N4. The van der Waals surface area contributed by atoms with Gasteiger partial charge in [-0.05, 0) is 13.0 Å². The SMILES string of the molecule is C#Cc1cnc(NC2CCNC2)nc1. The summed E-state index contributed by atoms with van der Waals surface area (Å²) in [4.78, 5) is 8.24. The third kappa shape index (κ3) is 2.01. The number of hydrogen-bond acceptors (Lipinski definition) is 4. The Morgan fingerprint density at radius 2 is 2.29 bits per heavy atom. The number of aromatic nitrogens is 2. The van der Waals surface area contributed by atoms with Crippen molar-refractivity contribution in [2.75, 3.05) is 18.4 Å². The van der Waals surface area contributed by atoms with Gasteiger partial charge < -0.3 is 10.6 Å². The summed E-state index contributed by atoms with van der Waals surface area (Å²) in [7, 11) is 0. The molecule has 0 radical (unpaired) electrons. The van der Waals surface area contributed by atoms with E-state index >= 15 is 0 Å². The minimum Gasteiger partial charge on any atom is -0.350 e. The molecule has 0 spiro atoms. The Morgan fingerprint density at radius 3 is 2.86 bits per heavy atom. The van der Waals surface area contributed by atoms with Gasteiger partial charge in [-0.25, -0.2) is 9.97 Å². The van der Waals surface area contributed by atoms with Gasteiger partial charge in [0.2, 0.25) is 5.95 Å². The second-order valence-corrected chi connectivity index (χ2v) is 3.27. The predicted octanol–water partition coefficient (Wildman–Crippen LogP) is 0.232. The molecule has 0 aliphatic carbocycles. The summed E-state index contributed by atoms with van der Waals surface area (Å²) < 4.78 is 0. The van der Waals surface area contributed by atoms with Gasteiger partial charge in [0.15, 0.2) is 0 Å². The van der Waals surface area contributed by atoms with E-state index in [1.807, 2.05) is 0 Å². The Kier molecular flexibility index (Phi) is 2.61. The van der Waals surface area contributed by atoms with Crippen molar-refractivity contribution in [1.82, 2.24) is 15.3 Å². The first kappa shape index (κ1) is 8.97. The quantitative estimate of drug-likeness (QED) is 0.652. The fourth-order valence-electron chi connectivity index (χ4n) is 1.44. The normalized spacial score (nSPS) is 20.4. The highest BCUT2D eigenvalue weighted by atomic mass is 15.1. The summed E-state index contributed by atoms with van der Waals surface area (Å²) >= 11 is 0. The van der Waals surface area contributed by atoms with Crippen LogP contribution < -0.4 is 10.6 Å². The summed E-state index contributed by atoms with van der Waals surface area (Å²) in [5, 5.41) is 6.50. The number of terminal acetylenes is 1. The highest BCUT2D eigenvalue weighted by molar-refractivity contribution is 5.32. The van der Waals surface area contributed by atoms with Crippen molar-refractivity contribution < 1.29 is 0 Å². The monoisotopic (exact) mass is 188 g/mol. The van der Waals surface area contributed by atoms with Crippen molar-refractivity contribution >= 4 is 5.95 Å². The Hall–Kier alpha value is -1.60. The van der Waals surface area contributed by atoms with Gasteiger partial charge in [-0.2, -0.15) is 0 Å². The molecule has 2 N–H and O–H groups in total. The standard InChI is InChI=1S/C10H12N4/c1-2-8-5-12-10(13-6-8)14-9-3-4-11-7-9/h1,5-6,9,11H,3-4,7H2,(H,12,13,14).